The van der Waals surface area contributed by atoms with Gasteiger partial charge in [0.15, 0.2) is 0 Å². The zero-order valence-electron chi connectivity index (χ0n) is 11.8. The summed E-state index contributed by atoms with van der Waals surface area (Å²) in [6.45, 7) is 6.05. The van der Waals surface area contributed by atoms with Crippen LogP contribution in [0.3, 0.4) is 0 Å². The van der Waals surface area contributed by atoms with E-state index in [0.717, 1.165) is 11.1 Å². The van der Waals surface area contributed by atoms with Crippen LogP contribution in [0.5, 0.6) is 0 Å². The summed E-state index contributed by atoms with van der Waals surface area (Å²) in [6.07, 6.45) is 6.67. The molecule has 0 spiro atoms. The summed E-state index contributed by atoms with van der Waals surface area (Å²) in [5.74, 6) is -0.0649. The molecule has 0 atom stereocenters. The minimum atomic E-state index is -0.263. The Kier molecular flexibility index (Phi) is 4.09. The number of carbonyl (C=O) groups excluding carboxylic acids is 1. The summed E-state index contributed by atoms with van der Waals surface area (Å²) < 4.78 is 1.49. The molecule has 2 rings (SSSR count). The number of nitrogens with zero attached hydrogens (tertiary/aromatic N) is 2. The van der Waals surface area contributed by atoms with Crippen molar-refractivity contribution in [1.82, 2.24) is 9.55 Å². The molecule has 0 aliphatic carbocycles. The maximum absolute atomic E-state index is 12.6. The van der Waals surface area contributed by atoms with Crippen LogP contribution in [0.4, 0.5) is 0 Å². The van der Waals surface area contributed by atoms with E-state index in [1.165, 1.54) is 10.9 Å². The lowest BCUT2D eigenvalue weighted by Gasteiger charge is -2.22. The first-order valence-corrected chi connectivity index (χ1v) is 6.76. The maximum atomic E-state index is 12.6. The van der Waals surface area contributed by atoms with E-state index >= 15 is 0 Å². The van der Waals surface area contributed by atoms with E-state index in [0.29, 0.717) is 5.02 Å². The zero-order valence-corrected chi connectivity index (χ0v) is 12.6. The normalized spacial score (nSPS) is 12.5. The Morgan fingerprint density at radius 1 is 1.25 bits per heavy atom. The first-order valence-electron chi connectivity index (χ1n) is 6.38. The van der Waals surface area contributed by atoms with Gasteiger partial charge in [-0.3, -0.25) is 9.36 Å². The molecule has 1 aromatic heterocycles. The summed E-state index contributed by atoms with van der Waals surface area (Å²) in [5, 5.41) is 0.681. The molecular formula is C16H17ClN2O. The van der Waals surface area contributed by atoms with Crippen LogP contribution in [-0.4, -0.2) is 15.5 Å². The number of aromatic nitrogens is 2. The van der Waals surface area contributed by atoms with Gasteiger partial charge in [0.05, 0.1) is 0 Å². The van der Waals surface area contributed by atoms with Gasteiger partial charge in [0.2, 0.25) is 0 Å². The third-order valence-corrected chi connectivity index (χ3v) is 3.21. The number of carbonyl (C=O) groups is 1. The minimum Gasteiger partial charge on any atom is -0.273 e. The Morgan fingerprint density at radius 2 is 1.90 bits per heavy atom. The van der Waals surface area contributed by atoms with Gasteiger partial charge in [-0.05, 0) is 29.2 Å². The van der Waals surface area contributed by atoms with Crippen molar-refractivity contribution < 1.29 is 4.79 Å². The van der Waals surface area contributed by atoms with E-state index in [2.05, 4.69) is 4.98 Å². The Balaban J connectivity index is 2.43. The highest BCUT2D eigenvalue weighted by Gasteiger charge is 2.24. The van der Waals surface area contributed by atoms with Crippen LogP contribution in [0, 0.1) is 5.41 Å². The number of benzene rings is 1. The predicted molar refractivity (Wildman–Crippen MR) is 81.7 cm³/mol. The third-order valence-electron chi connectivity index (χ3n) is 2.96. The lowest BCUT2D eigenvalue weighted by Crippen LogP contribution is -2.22. The molecular weight excluding hydrogens is 272 g/mol. The molecule has 2 aromatic rings. The number of allylic oxidation sites excluding steroid dienone is 1. The second-order valence-corrected chi connectivity index (χ2v) is 6.07. The highest BCUT2D eigenvalue weighted by molar-refractivity contribution is 6.30. The second kappa shape index (κ2) is 5.63. The van der Waals surface area contributed by atoms with E-state index < -0.39 is 0 Å². The van der Waals surface area contributed by atoms with Crippen molar-refractivity contribution in [3.8, 4) is 0 Å². The van der Waals surface area contributed by atoms with Crippen LogP contribution in [0.2, 0.25) is 5.02 Å². The van der Waals surface area contributed by atoms with Crippen LogP contribution < -0.4 is 0 Å². The van der Waals surface area contributed by atoms with Gasteiger partial charge >= 0.3 is 0 Å². The number of hydrogen-bond acceptors (Lipinski definition) is 2. The molecule has 0 fully saturated rings. The smallest absolute Gasteiger partial charge is 0.259 e. The summed E-state index contributed by atoms with van der Waals surface area (Å²) >= 11 is 5.88. The summed E-state index contributed by atoms with van der Waals surface area (Å²) in [6, 6.07) is 7.43. The quantitative estimate of drug-likeness (QED) is 0.772. The lowest BCUT2D eigenvalue weighted by molar-refractivity contribution is 0.0935. The first kappa shape index (κ1) is 14.5. The van der Waals surface area contributed by atoms with E-state index in [1.54, 1.807) is 12.4 Å². The molecule has 0 saturated heterocycles. The predicted octanol–water partition coefficient (Wildman–Crippen LogP) is 4.31. The summed E-state index contributed by atoms with van der Waals surface area (Å²) in [4.78, 5) is 16.5. The molecule has 0 N–H and O–H groups in total. The molecule has 1 heterocycles. The van der Waals surface area contributed by atoms with E-state index in [1.807, 2.05) is 51.1 Å². The van der Waals surface area contributed by atoms with Crippen LogP contribution >= 0.6 is 11.6 Å². The Hall–Kier alpha value is -1.87. The molecule has 0 bridgehead atoms. The number of rotatable bonds is 2. The SMILES string of the molecule is CC(C)(C)/C(=C/c1ccc(Cl)cc1)C(=O)n1ccnc1. The molecule has 0 amide bonds. The monoisotopic (exact) mass is 288 g/mol. The second-order valence-electron chi connectivity index (χ2n) is 5.63. The average Bonchev–Trinajstić information content (AvgIpc) is 2.89. The largest absolute Gasteiger partial charge is 0.273 e. The fourth-order valence-electron chi connectivity index (χ4n) is 1.84. The van der Waals surface area contributed by atoms with Crippen LogP contribution in [0.25, 0.3) is 6.08 Å². The standard InChI is InChI=1S/C16H17ClN2O/c1-16(2,3)14(15(20)19-9-8-18-11-19)10-12-4-6-13(17)7-5-12/h4-11H,1-3H3/b14-10+. The molecule has 4 heteroatoms. The fourth-order valence-corrected chi connectivity index (χ4v) is 1.97. The molecule has 0 radical (unpaired) electrons. The fraction of sp³-hybridized carbons (Fsp3) is 0.250. The maximum Gasteiger partial charge on any atom is 0.259 e. The van der Waals surface area contributed by atoms with Gasteiger partial charge in [0.25, 0.3) is 5.91 Å². The van der Waals surface area contributed by atoms with Gasteiger partial charge in [-0.25, -0.2) is 4.98 Å². The molecule has 0 saturated carbocycles. The number of hydrogen-bond donors (Lipinski definition) is 0. The molecule has 20 heavy (non-hydrogen) atoms. The first-order chi connectivity index (χ1) is 9.38. The summed E-state index contributed by atoms with van der Waals surface area (Å²) in [5.41, 5.74) is 1.41. The Labute approximate surface area is 123 Å². The van der Waals surface area contributed by atoms with Crippen molar-refractivity contribution in [2.24, 2.45) is 5.41 Å². The van der Waals surface area contributed by atoms with Crippen molar-refractivity contribution in [2.75, 3.05) is 0 Å². The minimum absolute atomic E-state index is 0.0649. The topological polar surface area (TPSA) is 34.9 Å². The van der Waals surface area contributed by atoms with E-state index in [-0.39, 0.29) is 11.3 Å². The van der Waals surface area contributed by atoms with Gasteiger partial charge in [-0.1, -0.05) is 44.5 Å². The molecule has 0 aliphatic rings. The van der Waals surface area contributed by atoms with Crippen molar-refractivity contribution >= 4 is 23.6 Å². The average molecular weight is 289 g/mol. The zero-order chi connectivity index (χ0) is 14.8. The van der Waals surface area contributed by atoms with Crippen LogP contribution in [0.1, 0.15) is 31.1 Å². The Morgan fingerprint density at radius 3 is 2.40 bits per heavy atom. The van der Waals surface area contributed by atoms with Gasteiger partial charge < -0.3 is 0 Å². The summed E-state index contributed by atoms with van der Waals surface area (Å²) in [7, 11) is 0. The van der Waals surface area contributed by atoms with Crippen LogP contribution in [0.15, 0.2) is 48.6 Å². The lowest BCUT2D eigenvalue weighted by atomic mass is 9.84. The number of halogens is 1. The Bertz CT molecular complexity index is 619. The molecule has 1 aromatic carbocycles. The van der Waals surface area contributed by atoms with Gasteiger partial charge in [-0.15, -0.1) is 0 Å². The highest BCUT2D eigenvalue weighted by Crippen LogP contribution is 2.29. The third kappa shape index (κ3) is 3.36. The molecule has 0 unspecified atom stereocenters. The molecule has 3 nitrogen and oxygen atoms in total. The van der Waals surface area contributed by atoms with E-state index in [4.69, 9.17) is 11.6 Å². The van der Waals surface area contributed by atoms with E-state index in [9.17, 15) is 4.79 Å². The molecule has 0 aliphatic heterocycles. The molecule has 104 valence electrons. The van der Waals surface area contributed by atoms with Gasteiger partial charge in [-0.2, -0.15) is 0 Å². The van der Waals surface area contributed by atoms with Crippen molar-refractivity contribution in [1.29, 1.82) is 0 Å². The van der Waals surface area contributed by atoms with Crippen molar-refractivity contribution in [3.63, 3.8) is 0 Å². The number of imidazole rings is 1. The van der Waals surface area contributed by atoms with Gasteiger partial charge in [0, 0.05) is 23.0 Å². The highest BCUT2D eigenvalue weighted by atomic mass is 35.5. The van der Waals surface area contributed by atoms with Gasteiger partial charge in [0.1, 0.15) is 6.33 Å². The van der Waals surface area contributed by atoms with Crippen LogP contribution in [-0.2, 0) is 0 Å². The van der Waals surface area contributed by atoms with Crippen molar-refractivity contribution in [2.45, 2.75) is 20.8 Å². The van der Waals surface area contributed by atoms with Crippen molar-refractivity contribution in [3.05, 3.63) is 59.1 Å².